The molecule has 3 N–H and O–H groups in total. The van der Waals surface area contributed by atoms with E-state index in [1.807, 2.05) is 6.92 Å². The highest BCUT2D eigenvalue weighted by Crippen LogP contribution is 2.17. The summed E-state index contributed by atoms with van der Waals surface area (Å²) in [5.41, 5.74) is 6.22. The average Bonchev–Trinajstić information content (AvgIpc) is 2.43. The lowest BCUT2D eigenvalue weighted by atomic mass is 10.2. The number of hydrogen-bond donors (Lipinski definition) is 2. The Kier molecular flexibility index (Phi) is 3.93. The number of carbonyl (C=O) groups excluding carboxylic acids is 1. The molecule has 7 heteroatoms. The second kappa shape index (κ2) is 5.66. The molecule has 0 aliphatic carbocycles. The number of amides is 1. The third-order valence-electron chi connectivity index (χ3n) is 3.08. The van der Waals surface area contributed by atoms with Crippen molar-refractivity contribution in [3.8, 4) is 0 Å². The van der Waals surface area contributed by atoms with Gasteiger partial charge in [0.05, 0.1) is 0 Å². The summed E-state index contributed by atoms with van der Waals surface area (Å²) in [4.78, 5) is 35.2. The first-order valence-corrected chi connectivity index (χ1v) is 6.30. The normalized spacial score (nSPS) is 10.4. The molecule has 110 valence electrons. The zero-order valence-electron chi connectivity index (χ0n) is 11.8. The Hall–Kier alpha value is -2.83. The molecule has 0 atom stereocenters. The predicted molar refractivity (Wildman–Crippen MR) is 80.2 cm³/mol. The molecule has 0 spiro atoms. The molecule has 0 bridgehead atoms. The van der Waals surface area contributed by atoms with E-state index >= 15 is 0 Å². The van der Waals surface area contributed by atoms with E-state index in [2.05, 4.69) is 5.32 Å². The molecular weight excluding hydrogens is 272 g/mol. The Morgan fingerprint density at radius 3 is 2.67 bits per heavy atom. The Labute approximate surface area is 120 Å². The average molecular weight is 288 g/mol. The first-order valence-electron chi connectivity index (χ1n) is 6.30. The van der Waals surface area contributed by atoms with Crippen molar-refractivity contribution in [3.63, 3.8) is 0 Å². The van der Waals surface area contributed by atoms with E-state index < -0.39 is 17.0 Å². The number of nitrogens with zero attached hydrogens (tertiary/aromatic N) is 2. The number of nitrogens with two attached hydrogens (primary N) is 1. The molecule has 21 heavy (non-hydrogen) atoms. The van der Waals surface area contributed by atoms with Crippen molar-refractivity contribution in [2.24, 2.45) is 7.05 Å². The van der Waals surface area contributed by atoms with Gasteiger partial charge < -0.3 is 15.6 Å². The molecule has 1 aromatic heterocycles. The quantitative estimate of drug-likeness (QED) is 0.617. The van der Waals surface area contributed by atoms with Crippen LogP contribution in [0.15, 0.2) is 40.2 Å². The minimum Gasteiger partial charge on any atom is -0.399 e. The van der Waals surface area contributed by atoms with E-state index in [0.717, 1.165) is 10.1 Å². The second-order valence-corrected chi connectivity index (χ2v) is 4.77. The van der Waals surface area contributed by atoms with Crippen LogP contribution in [-0.4, -0.2) is 15.0 Å². The second-order valence-electron chi connectivity index (χ2n) is 4.77. The monoisotopic (exact) mass is 288 g/mol. The van der Waals surface area contributed by atoms with E-state index in [1.54, 1.807) is 18.2 Å². The fraction of sp³-hybridized carbons (Fsp3) is 0.214. The number of carbonyl (C=O) groups is 1. The molecule has 0 saturated heterocycles. The molecule has 1 heterocycles. The highest BCUT2D eigenvalue weighted by molar-refractivity contribution is 5.91. The van der Waals surface area contributed by atoms with Crippen molar-refractivity contribution < 1.29 is 4.79 Å². The first-order chi connectivity index (χ1) is 9.88. The summed E-state index contributed by atoms with van der Waals surface area (Å²) in [5.74, 6) is -0.404. The maximum absolute atomic E-state index is 12.0. The Morgan fingerprint density at radius 2 is 1.95 bits per heavy atom. The molecule has 0 radical (unpaired) electrons. The summed E-state index contributed by atoms with van der Waals surface area (Å²) in [6.07, 6.45) is 2.83. The lowest BCUT2D eigenvalue weighted by Crippen LogP contribution is -2.41. The van der Waals surface area contributed by atoms with Crippen LogP contribution in [0.4, 0.5) is 11.4 Å². The van der Waals surface area contributed by atoms with Crippen molar-refractivity contribution in [1.82, 2.24) is 9.13 Å². The fourth-order valence-corrected chi connectivity index (χ4v) is 1.83. The Morgan fingerprint density at radius 1 is 1.24 bits per heavy atom. The van der Waals surface area contributed by atoms with Gasteiger partial charge in [0.25, 0.3) is 0 Å². The third kappa shape index (κ3) is 3.19. The van der Waals surface area contributed by atoms with Crippen LogP contribution in [0.5, 0.6) is 0 Å². The van der Waals surface area contributed by atoms with Gasteiger partial charge in [-0.3, -0.25) is 19.0 Å². The zero-order chi connectivity index (χ0) is 15.6. The fourth-order valence-electron chi connectivity index (χ4n) is 1.83. The van der Waals surface area contributed by atoms with Gasteiger partial charge in [0.1, 0.15) is 6.54 Å². The van der Waals surface area contributed by atoms with Gasteiger partial charge in [-0.1, -0.05) is 6.07 Å². The summed E-state index contributed by atoms with van der Waals surface area (Å²) in [6, 6.07) is 5.16. The van der Waals surface area contributed by atoms with Gasteiger partial charge in [0.15, 0.2) is 0 Å². The van der Waals surface area contributed by atoms with Crippen LogP contribution < -0.4 is 22.2 Å². The number of benzene rings is 1. The predicted octanol–water partition coefficient (Wildman–Crippen LogP) is 0.0763. The summed E-state index contributed by atoms with van der Waals surface area (Å²) >= 11 is 0. The molecule has 0 unspecified atom stereocenters. The van der Waals surface area contributed by atoms with Gasteiger partial charge in [-0.15, -0.1) is 0 Å². The summed E-state index contributed by atoms with van der Waals surface area (Å²) in [6.45, 7) is 1.60. The number of nitrogens with one attached hydrogen (secondary N) is 1. The minimum atomic E-state index is -0.737. The number of hydrogen-bond acceptors (Lipinski definition) is 4. The first kappa shape index (κ1) is 14.6. The molecule has 0 aliphatic heterocycles. The van der Waals surface area contributed by atoms with Crippen molar-refractivity contribution >= 4 is 17.3 Å². The standard InChI is InChI=1S/C14H16N4O3/c1-9-3-4-10(15)7-11(9)16-12(19)8-18-6-5-17(2)13(20)14(18)21/h3-7H,8,15H2,1-2H3,(H,16,19). The molecule has 2 aromatic rings. The van der Waals surface area contributed by atoms with Gasteiger partial charge in [-0.2, -0.15) is 0 Å². The maximum Gasteiger partial charge on any atom is 0.316 e. The molecule has 0 fully saturated rings. The van der Waals surface area contributed by atoms with E-state index in [0.29, 0.717) is 11.4 Å². The number of aryl methyl sites for hydroxylation is 2. The highest BCUT2D eigenvalue weighted by atomic mass is 16.2. The van der Waals surface area contributed by atoms with Crippen LogP contribution >= 0.6 is 0 Å². The maximum atomic E-state index is 12.0. The minimum absolute atomic E-state index is 0.233. The van der Waals surface area contributed by atoms with E-state index in [1.165, 1.54) is 24.0 Å². The van der Waals surface area contributed by atoms with Crippen molar-refractivity contribution in [2.75, 3.05) is 11.1 Å². The SMILES string of the molecule is Cc1ccc(N)cc1NC(=O)Cn1ccn(C)c(=O)c1=O. The molecule has 7 nitrogen and oxygen atoms in total. The number of rotatable bonds is 3. The molecule has 1 amide bonds. The van der Waals surface area contributed by atoms with E-state index in [9.17, 15) is 14.4 Å². The van der Waals surface area contributed by atoms with Crippen molar-refractivity contribution in [2.45, 2.75) is 13.5 Å². The van der Waals surface area contributed by atoms with E-state index in [4.69, 9.17) is 5.73 Å². The van der Waals surface area contributed by atoms with Gasteiger partial charge in [-0.05, 0) is 24.6 Å². The largest absolute Gasteiger partial charge is 0.399 e. The smallest absolute Gasteiger partial charge is 0.316 e. The summed E-state index contributed by atoms with van der Waals surface area (Å²) in [7, 11) is 1.48. The zero-order valence-corrected chi connectivity index (χ0v) is 11.8. The van der Waals surface area contributed by atoms with Gasteiger partial charge in [0, 0.05) is 30.8 Å². The van der Waals surface area contributed by atoms with Crippen LogP contribution in [0, 0.1) is 6.92 Å². The topological polar surface area (TPSA) is 99.1 Å². The van der Waals surface area contributed by atoms with Crippen molar-refractivity contribution in [1.29, 1.82) is 0 Å². The van der Waals surface area contributed by atoms with Gasteiger partial charge in [-0.25, -0.2) is 0 Å². The number of aromatic nitrogens is 2. The van der Waals surface area contributed by atoms with Crippen LogP contribution in [0.25, 0.3) is 0 Å². The molecule has 1 aromatic carbocycles. The van der Waals surface area contributed by atoms with Crippen LogP contribution in [-0.2, 0) is 18.4 Å². The van der Waals surface area contributed by atoms with Crippen LogP contribution in [0.2, 0.25) is 0 Å². The van der Waals surface area contributed by atoms with Gasteiger partial charge in [0.2, 0.25) is 5.91 Å². The molecule has 0 aliphatic rings. The van der Waals surface area contributed by atoms with E-state index in [-0.39, 0.29) is 6.54 Å². The number of nitrogen functional groups attached to an aromatic ring is 1. The molecule has 0 saturated carbocycles. The molecule has 2 rings (SSSR count). The summed E-state index contributed by atoms with van der Waals surface area (Å²) in [5, 5.41) is 2.67. The Bertz CT molecular complexity index is 805. The van der Waals surface area contributed by atoms with Crippen LogP contribution in [0.1, 0.15) is 5.56 Å². The van der Waals surface area contributed by atoms with Gasteiger partial charge >= 0.3 is 11.1 Å². The highest BCUT2D eigenvalue weighted by Gasteiger charge is 2.09. The van der Waals surface area contributed by atoms with Crippen molar-refractivity contribution in [3.05, 3.63) is 56.9 Å². The number of anilines is 2. The lowest BCUT2D eigenvalue weighted by molar-refractivity contribution is -0.116. The molecular formula is C14H16N4O3. The third-order valence-corrected chi connectivity index (χ3v) is 3.08. The summed E-state index contributed by atoms with van der Waals surface area (Å²) < 4.78 is 2.23. The Balaban J connectivity index is 2.20. The van der Waals surface area contributed by atoms with Crippen LogP contribution in [0.3, 0.4) is 0 Å². The lowest BCUT2D eigenvalue weighted by Gasteiger charge is -2.10.